The van der Waals surface area contributed by atoms with Gasteiger partial charge in [0, 0.05) is 11.6 Å². The molecule has 0 unspecified atom stereocenters. The molecule has 188 valence electrons. The van der Waals surface area contributed by atoms with Gasteiger partial charge in [-0.15, -0.1) is 0 Å². The molecule has 1 saturated heterocycles. The predicted molar refractivity (Wildman–Crippen MR) is 121 cm³/mol. The maximum absolute atomic E-state index is 12.2. The van der Waals surface area contributed by atoms with Crippen molar-refractivity contribution in [3.63, 3.8) is 0 Å². The molecule has 0 saturated carbocycles. The molecule has 1 aromatic carbocycles. The van der Waals surface area contributed by atoms with Crippen LogP contribution in [0.15, 0.2) is 36.9 Å². The minimum Gasteiger partial charge on any atom is -0.518 e. The molecule has 16 heteroatoms. The van der Waals surface area contributed by atoms with E-state index in [1.165, 1.54) is 41.5 Å². The number of imidazole rings is 1. The Bertz CT molecular complexity index is 1340. The Labute approximate surface area is 228 Å². The number of aromatic hydroxyl groups is 1. The summed E-state index contributed by atoms with van der Waals surface area (Å²) < 4.78 is 39.1. The van der Waals surface area contributed by atoms with Crippen LogP contribution in [0.1, 0.15) is 30.4 Å². The van der Waals surface area contributed by atoms with Crippen LogP contribution in [-0.2, 0) is 19.2 Å². The average Bonchev–Trinajstić information content (AvgIpc) is 3.34. The van der Waals surface area contributed by atoms with E-state index in [1.807, 2.05) is 13.8 Å². The second-order valence-corrected chi connectivity index (χ2v) is 9.29. The number of nitrogens with one attached hydrogen (secondary N) is 1. The molecular weight excluding hydrogens is 507 g/mol. The first-order valence-corrected chi connectivity index (χ1v) is 11.8. The van der Waals surface area contributed by atoms with Crippen LogP contribution in [0.3, 0.4) is 0 Å². The van der Waals surface area contributed by atoms with E-state index < -0.39 is 53.1 Å². The molecule has 1 fully saturated rings. The Hall–Kier alpha value is -2.37. The summed E-state index contributed by atoms with van der Waals surface area (Å²) in [6, 6.07) is 5.34. The largest absolute Gasteiger partial charge is 1.00 e. The van der Waals surface area contributed by atoms with Gasteiger partial charge in [-0.2, -0.15) is 0 Å². The fourth-order valence-electron chi connectivity index (χ4n) is 3.50. The molecule has 0 bridgehead atoms. The molecule has 4 rings (SSSR count). The molecule has 3 aromatic rings. The normalized spacial score (nSPS) is 21.9. The van der Waals surface area contributed by atoms with Crippen molar-refractivity contribution in [2.45, 2.75) is 44.4 Å². The first kappa shape index (κ1) is 28.2. The molecule has 14 nitrogen and oxygen atoms in total. The van der Waals surface area contributed by atoms with E-state index in [2.05, 4.69) is 25.0 Å². The van der Waals surface area contributed by atoms with Crippen molar-refractivity contribution in [1.29, 1.82) is 0 Å². The molecule has 0 aliphatic carbocycles. The van der Waals surface area contributed by atoms with Gasteiger partial charge in [0.15, 0.2) is 23.2 Å². The zero-order chi connectivity index (χ0) is 25.3. The quantitative estimate of drug-likeness (QED) is 0.223. The summed E-state index contributed by atoms with van der Waals surface area (Å²) in [6.45, 7) is 3.11. The minimum atomic E-state index is -4.75. The number of nitrogens with zero attached hydrogens (tertiary/aromatic N) is 5. The third kappa shape index (κ3) is 5.95. The first-order chi connectivity index (χ1) is 16.6. The SMILES string of the molecule is CC(C)Nc1ncnc2c1ncn2[C@@H]1O[C@H](COS(=O)(=O)[N-]C(=O)c2ccccc2O)[C@@H](O)[C@H]1O.[Na+]. The van der Waals surface area contributed by atoms with Crippen molar-refractivity contribution in [3.8, 4) is 5.75 Å². The Morgan fingerprint density at radius 1 is 1.22 bits per heavy atom. The number of amides is 1. The van der Waals surface area contributed by atoms with Gasteiger partial charge in [0.05, 0.1) is 18.8 Å². The first-order valence-electron chi connectivity index (χ1n) is 10.5. The zero-order valence-corrected chi connectivity index (χ0v) is 22.4. The van der Waals surface area contributed by atoms with Gasteiger partial charge in [-0.3, -0.25) is 8.75 Å². The standard InChI is InChI=1S/C20H24N6O8S.Na/c1-10(2)24-17-14-18(22-8-21-17)26(9-23-14)20-16(29)15(28)13(34-20)7-33-35(31,32)25-19(30)11-5-3-4-6-12(11)27;/h3-6,8-10,13,15-16,20,28-29H,7H2,1-2H3,(H3,21,22,24,25,27,30);/q;+1/p-1/t13-,15-,16-,20-;/m1./s1. The van der Waals surface area contributed by atoms with Gasteiger partial charge in [-0.25, -0.2) is 23.4 Å². The molecular formula is C20H23N6NaO8S. The van der Waals surface area contributed by atoms with E-state index in [0.29, 0.717) is 17.0 Å². The Kier molecular flexibility index (Phi) is 8.89. The zero-order valence-electron chi connectivity index (χ0n) is 19.6. The number of rotatable bonds is 8. The van der Waals surface area contributed by atoms with E-state index in [1.54, 1.807) is 0 Å². The van der Waals surface area contributed by atoms with Crippen molar-refractivity contribution in [2.24, 2.45) is 0 Å². The summed E-state index contributed by atoms with van der Waals surface area (Å²) in [7, 11) is -4.75. The fourth-order valence-corrected chi connectivity index (χ4v) is 4.16. The number of fused-ring (bicyclic) bond motifs is 1. The van der Waals surface area contributed by atoms with E-state index in [4.69, 9.17) is 8.92 Å². The van der Waals surface area contributed by atoms with Crippen LogP contribution in [0.25, 0.3) is 15.9 Å². The van der Waals surface area contributed by atoms with Gasteiger partial charge < -0.3 is 34.9 Å². The van der Waals surface area contributed by atoms with E-state index in [9.17, 15) is 28.5 Å². The number of phenolic OH excluding ortho intramolecular Hbond substituents is 1. The number of phenols is 1. The third-order valence-electron chi connectivity index (χ3n) is 5.11. The van der Waals surface area contributed by atoms with Crippen LogP contribution >= 0.6 is 0 Å². The number of carbonyl (C=O) groups is 1. The number of benzene rings is 1. The summed E-state index contributed by atoms with van der Waals surface area (Å²) >= 11 is 0. The Balaban J connectivity index is 0.00000361. The van der Waals surface area contributed by atoms with Gasteiger partial charge in [-0.1, -0.05) is 12.1 Å². The van der Waals surface area contributed by atoms with Crippen LogP contribution in [0.4, 0.5) is 5.82 Å². The summed E-state index contributed by atoms with van der Waals surface area (Å²) in [5.41, 5.74) is 0.403. The number of aliphatic hydroxyl groups is 2. The molecule has 3 heterocycles. The van der Waals surface area contributed by atoms with Crippen molar-refractivity contribution in [2.75, 3.05) is 11.9 Å². The number of aromatic nitrogens is 4. The molecule has 2 aromatic heterocycles. The smallest absolute Gasteiger partial charge is 0.518 e. The Morgan fingerprint density at radius 3 is 2.64 bits per heavy atom. The van der Waals surface area contributed by atoms with Gasteiger partial charge in [0.1, 0.15) is 30.4 Å². The second-order valence-electron chi connectivity index (χ2n) is 8.02. The number of ether oxygens (including phenoxy) is 1. The summed E-state index contributed by atoms with van der Waals surface area (Å²) in [5.74, 6) is -1.21. The molecule has 1 aliphatic rings. The number of aliphatic hydroxyl groups excluding tert-OH is 2. The van der Waals surface area contributed by atoms with Crippen LogP contribution in [0.5, 0.6) is 5.75 Å². The summed E-state index contributed by atoms with van der Waals surface area (Å²) in [6.07, 6.45) is -2.79. The van der Waals surface area contributed by atoms with Gasteiger partial charge in [0.2, 0.25) is 10.3 Å². The van der Waals surface area contributed by atoms with Crippen LogP contribution < -0.4 is 34.9 Å². The van der Waals surface area contributed by atoms with Crippen molar-refractivity contribution >= 4 is 33.2 Å². The van der Waals surface area contributed by atoms with E-state index in [-0.39, 0.29) is 41.2 Å². The number of carbonyl (C=O) groups excluding carboxylic acids is 1. The molecule has 36 heavy (non-hydrogen) atoms. The molecule has 0 radical (unpaired) electrons. The van der Waals surface area contributed by atoms with Crippen molar-refractivity contribution in [3.05, 3.63) is 47.2 Å². The molecule has 4 N–H and O–H groups in total. The van der Waals surface area contributed by atoms with Gasteiger partial charge in [-0.05, 0) is 26.0 Å². The topological polar surface area (TPSA) is 200 Å². The number of para-hydroxylation sites is 1. The second kappa shape index (κ2) is 11.4. The van der Waals surface area contributed by atoms with Gasteiger partial charge in [0.25, 0.3) is 0 Å². The predicted octanol–water partition coefficient (Wildman–Crippen LogP) is -2.55. The van der Waals surface area contributed by atoms with Crippen LogP contribution in [0.2, 0.25) is 0 Å². The number of hydrogen-bond donors (Lipinski definition) is 4. The minimum absolute atomic E-state index is 0. The van der Waals surface area contributed by atoms with Crippen molar-refractivity contribution < 1.29 is 67.0 Å². The van der Waals surface area contributed by atoms with Crippen molar-refractivity contribution in [1.82, 2.24) is 19.5 Å². The van der Waals surface area contributed by atoms with Crippen LogP contribution in [0, 0.1) is 0 Å². The monoisotopic (exact) mass is 530 g/mol. The number of hydrogen-bond acceptors (Lipinski definition) is 12. The maximum atomic E-state index is 12.2. The third-order valence-corrected chi connectivity index (χ3v) is 5.93. The molecule has 4 atom stereocenters. The van der Waals surface area contributed by atoms with E-state index in [0.717, 1.165) is 0 Å². The molecule has 0 spiro atoms. The number of anilines is 1. The van der Waals surface area contributed by atoms with Crippen LogP contribution in [-0.4, -0.2) is 80.1 Å². The fraction of sp³-hybridized carbons (Fsp3) is 0.400. The summed E-state index contributed by atoms with van der Waals surface area (Å²) in [4.78, 5) is 24.7. The molecule has 1 aliphatic heterocycles. The maximum Gasteiger partial charge on any atom is 1.00 e. The van der Waals surface area contributed by atoms with E-state index >= 15 is 0 Å². The molecule has 1 amide bonds. The van der Waals surface area contributed by atoms with Gasteiger partial charge >= 0.3 is 29.6 Å². The average molecular weight is 530 g/mol. The Morgan fingerprint density at radius 2 is 1.94 bits per heavy atom. The summed E-state index contributed by atoms with van der Waals surface area (Å²) in [5, 5.41) is 33.8.